The highest BCUT2D eigenvalue weighted by Gasteiger charge is 2.19. The van der Waals surface area contributed by atoms with E-state index in [0.717, 1.165) is 77.0 Å². The smallest absolute Gasteiger partial charge is 0.306 e. The van der Waals surface area contributed by atoms with E-state index in [1.165, 1.54) is 161 Å². The van der Waals surface area contributed by atoms with Crippen molar-refractivity contribution in [3.8, 4) is 0 Å². The fourth-order valence-electron chi connectivity index (χ4n) is 8.11. The van der Waals surface area contributed by atoms with Crippen molar-refractivity contribution in [2.75, 3.05) is 13.2 Å². The van der Waals surface area contributed by atoms with Gasteiger partial charge in [0.2, 0.25) is 0 Å². The summed E-state index contributed by atoms with van der Waals surface area (Å²) in [7, 11) is 0. The van der Waals surface area contributed by atoms with Gasteiger partial charge in [-0.1, -0.05) is 234 Å². The van der Waals surface area contributed by atoms with Crippen molar-refractivity contribution in [2.45, 2.75) is 290 Å². The van der Waals surface area contributed by atoms with Crippen LogP contribution in [0.15, 0.2) is 85.1 Å². The third kappa shape index (κ3) is 55.5. The Kier molecular flexibility index (Phi) is 55.3. The topological polar surface area (TPSA) is 78.9 Å². The number of esters is 3. The summed E-state index contributed by atoms with van der Waals surface area (Å²) in [6.45, 7) is 6.55. The third-order valence-electron chi connectivity index (χ3n) is 12.6. The molecule has 0 saturated heterocycles. The lowest BCUT2D eigenvalue weighted by molar-refractivity contribution is -0.167. The highest BCUT2D eigenvalue weighted by Crippen LogP contribution is 2.15. The third-order valence-corrected chi connectivity index (χ3v) is 12.6. The van der Waals surface area contributed by atoms with Crippen LogP contribution in [0.1, 0.15) is 284 Å². The van der Waals surface area contributed by atoms with Crippen molar-refractivity contribution in [1.82, 2.24) is 0 Å². The minimum atomic E-state index is -0.811. The van der Waals surface area contributed by atoms with Gasteiger partial charge in [-0.3, -0.25) is 14.4 Å². The van der Waals surface area contributed by atoms with Gasteiger partial charge in [-0.15, -0.1) is 0 Å². The van der Waals surface area contributed by atoms with E-state index in [4.69, 9.17) is 14.2 Å². The number of carbonyl (C=O) groups excluding carboxylic acids is 3. The first-order valence-electron chi connectivity index (χ1n) is 29.6. The van der Waals surface area contributed by atoms with Crippen LogP contribution >= 0.6 is 0 Å². The Labute approximate surface area is 433 Å². The lowest BCUT2D eigenvalue weighted by Crippen LogP contribution is -2.30. The van der Waals surface area contributed by atoms with Crippen LogP contribution in [0.25, 0.3) is 0 Å². The number of allylic oxidation sites excluding steroid dienone is 14. The largest absolute Gasteiger partial charge is 0.462 e. The number of rotatable bonds is 53. The summed E-state index contributed by atoms with van der Waals surface area (Å²) >= 11 is 0. The van der Waals surface area contributed by atoms with Crippen molar-refractivity contribution < 1.29 is 28.6 Å². The molecule has 0 fully saturated rings. The van der Waals surface area contributed by atoms with E-state index in [-0.39, 0.29) is 37.5 Å². The van der Waals surface area contributed by atoms with Crippen molar-refractivity contribution in [3.63, 3.8) is 0 Å². The van der Waals surface area contributed by atoms with Crippen LogP contribution < -0.4 is 0 Å². The average molecular weight is 976 g/mol. The zero-order valence-electron chi connectivity index (χ0n) is 46.0. The molecule has 0 aromatic heterocycles. The van der Waals surface area contributed by atoms with Gasteiger partial charge in [0, 0.05) is 19.3 Å². The van der Waals surface area contributed by atoms with Crippen LogP contribution in [-0.2, 0) is 28.6 Å². The van der Waals surface area contributed by atoms with E-state index < -0.39 is 6.10 Å². The summed E-state index contributed by atoms with van der Waals surface area (Å²) in [6.07, 6.45) is 75.7. The molecular formula is C64H110O6. The minimum absolute atomic E-state index is 0.103. The second-order valence-corrected chi connectivity index (χ2v) is 19.5. The summed E-state index contributed by atoms with van der Waals surface area (Å²) in [5, 5.41) is 0. The fourth-order valence-corrected chi connectivity index (χ4v) is 8.11. The van der Waals surface area contributed by atoms with Gasteiger partial charge in [0.1, 0.15) is 13.2 Å². The van der Waals surface area contributed by atoms with Gasteiger partial charge in [-0.25, -0.2) is 0 Å². The van der Waals surface area contributed by atoms with Crippen molar-refractivity contribution >= 4 is 17.9 Å². The highest BCUT2D eigenvalue weighted by molar-refractivity contribution is 5.71. The maximum Gasteiger partial charge on any atom is 0.306 e. The first-order chi connectivity index (χ1) is 34.5. The molecule has 0 heterocycles. The molecule has 0 saturated carbocycles. The SMILES string of the molecule is CCCCC/C=C\C/C=C\C/C=C\C/C=C\CCCC(=O)O[C@H](COC(=O)CCCCCCC/C=C\CCCCCCCCC)COC(=O)CCCCCCCCCCC/C=C\C/C=C\CCCCC. The molecule has 0 spiro atoms. The summed E-state index contributed by atoms with van der Waals surface area (Å²) < 4.78 is 16.8. The Bertz CT molecular complexity index is 1350. The zero-order valence-corrected chi connectivity index (χ0v) is 46.0. The van der Waals surface area contributed by atoms with Gasteiger partial charge >= 0.3 is 17.9 Å². The normalized spacial score (nSPS) is 12.7. The summed E-state index contributed by atoms with van der Waals surface area (Å²) in [5.74, 6) is -0.965. The Morgan fingerprint density at radius 3 is 0.886 bits per heavy atom. The molecule has 70 heavy (non-hydrogen) atoms. The van der Waals surface area contributed by atoms with Crippen molar-refractivity contribution in [3.05, 3.63) is 85.1 Å². The number of carbonyl (C=O) groups is 3. The maximum atomic E-state index is 12.8. The molecule has 0 aliphatic heterocycles. The van der Waals surface area contributed by atoms with Gasteiger partial charge in [0.15, 0.2) is 6.10 Å². The summed E-state index contributed by atoms with van der Waals surface area (Å²) in [6, 6.07) is 0. The molecule has 0 rings (SSSR count). The van der Waals surface area contributed by atoms with Gasteiger partial charge in [0.05, 0.1) is 0 Å². The van der Waals surface area contributed by atoms with Gasteiger partial charge in [-0.2, -0.15) is 0 Å². The molecule has 0 radical (unpaired) electrons. The molecule has 402 valence electrons. The van der Waals surface area contributed by atoms with E-state index in [0.29, 0.717) is 19.3 Å². The van der Waals surface area contributed by atoms with Crippen LogP contribution in [0.3, 0.4) is 0 Å². The number of ether oxygens (including phenoxy) is 3. The van der Waals surface area contributed by atoms with Crippen molar-refractivity contribution in [2.24, 2.45) is 0 Å². The van der Waals surface area contributed by atoms with Crippen LogP contribution in [-0.4, -0.2) is 37.2 Å². The molecular weight excluding hydrogens is 865 g/mol. The molecule has 0 aromatic rings. The predicted molar refractivity (Wildman–Crippen MR) is 302 cm³/mol. The fraction of sp³-hybridized carbons (Fsp3) is 0.734. The Morgan fingerprint density at radius 1 is 0.286 bits per heavy atom. The first-order valence-corrected chi connectivity index (χ1v) is 29.6. The van der Waals surface area contributed by atoms with E-state index in [2.05, 4.69) is 106 Å². The molecule has 6 heteroatoms. The monoisotopic (exact) mass is 975 g/mol. The Hall–Kier alpha value is -3.41. The standard InChI is InChI=1S/C64H110O6/c1-4-7-10-13-16-19-22-25-28-31-32-34-36-39-42-45-48-51-54-57-63(66)69-60-61(59-68-62(65)56-53-50-47-44-41-38-35-30-27-24-21-18-15-12-9-6-3)70-64(67)58-55-52-49-46-43-40-37-33-29-26-23-20-17-14-11-8-5-2/h16-17,19-20,25-26,28-30,35,37,40,46,49,61H,4-15,18,21-24,27,31-34,36,38-39,41-45,47-48,50-60H2,1-3H3/b19-16-,20-17-,28-25-,29-26-,35-30-,40-37-,49-46-/t61-/m1/s1. The minimum Gasteiger partial charge on any atom is -0.462 e. The second kappa shape index (κ2) is 58.2. The lowest BCUT2D eigenvalue weighted by atomic mass is 10.1. The molecule has 6 nitrogen and oxygen atoms in total. The second-order valence-electron chi connectivity index (χ2n) is 19.5. The van der Waals surface area contributed by atoms with Crippen molar-refractivity contribution in [1.29, 1.82) is 0 Å². The van der Waals surface area contributed by atoms with E-state index >= 15 is 0 Å². The maximum absolute atomic E-state index is 12.8. The van der Waals surface area contributed by atoms with Gasteiger partial charge in [0.25, 0.3) is 0 Å². The van der Waals surface area contributed by atoms with Crippen LogP contribution in [0, 0.1) is 0 Å². The molecule has 1 atom stereocenters. The van der Waals surface area contributed by atoms with Gasteiger partial charge < -0.3 is 14.2 Å². The summed E-state index contributed by atoms with van der Waals surface area (Å²) in [5.41, 5.74) is 0. The number of hydrogen-bond acceptors (Lipinski definition) is 6. The Morgan fingerprint density at radius 2 is 0.529 bits per heavy atom. The molecule has 0 N–H and O–H groups in total. The van der Waals surface area contributed by atoms with Gasteiger partial charge in [-0.05, 0) is 116 Å². The molecule has 0 bridgehead atoms. The average Bonchev–Trinajstić information content (AvgIpc) is 3.36. The molecule has 0 aliphatic rings. The first kappa shape index (κ1) is 66.6. The zero-order chi connectivity index (χ0) is 50.7. The molecule has 0 amide bonds. The molecule has 0 aromatic carbocycles. The quantitative estimate of drug-likeness (QED) is 0.0261. The van der Waals surface area contributed by atoms with E-state index in [9.17, 15) is 14.4 Å². The highest BCUT2D eigenvalue weighted by atomic mass is 16.6. The van der Waals surface area contributed by atoms with Crippen LogP contribution in [0.4, 0.5) is 0 Å². The lowest BCUT2D eigenvalue weighted by Gasteiger charge is -2.18. The van der Waals surface area contributed by atoms with Crippen LogP contribution in [0.2, 0.25) is 0 Å². The molecule has 0 aliphatic carbocycles. The number of hydrogen-bond donors (Lipinski definition) is 0. The van der Waals surface area contributed by atoms with E-state index in [1.807, 2.05) is 0 Å². The Balaban J connectivity index is 4.47. The number of unbranched alkanes of at least 4 members (excludes halogenated alkanes) is 28. The van der Waals surface area contributed by atoms with Crippen LogP contribution in [0.5, 0.6) is 0 Å². The van der Waals surface area contributed by atoms with E-state index in [1.54, 1.807) is 0 Å². The predicted octanol–water partition coefficient (Wildman–Crippen LogP) is 19.9. The molecule has 0 unspecified atom stereocenters. The summed E-state index contributed by atoms with van der Waals surface area (Å²) in [4.78, 5) is 38.2.